The molecule has 1 N–H and O–H groups in total. The number of amides is 1. The molecule has 1 unspecified atom stereocenters. The molecule has 2 aromatic carbocycles. The number of methoxy groups -OCH3 is 1. The van der Waals surface area contributed by atoms with E-state index in [1.54, 1.807) is 4.90 Å². The van der Waals surface area contributed by atoms with Crippen LogP contribution in [0.5, 0.6) is 0 Å². The van der Waals surface area contributed by atoms with Gasteiger partial charge in [0.05, 0.1) is 39.8 Å². The zero-order chi connectivity index (χ0) is 35.5. The largest absolute Gasteiger partial charge is 0.479 e. The summed E-state index contributed by atoms with van der Waals surface area (Å²) < 4.78 is 13.8. The van der Waals surface area contributed by atoms with Crippen LogP contribution in [0.25, 0.3) is 43.1 Å². The number of pyridine rings is 1. The van der Waals surface area contributed by atoms with Gasteiger partial charge >= 0.3 is 12.1 Å². The number of nitrogens with zero attached hydrogens (tertiary/aromatic N) is 6. The summed E-state index contributed by atoms with van der Waals surface area (Å²) in [7, 11) is 3.38. The lowest BCUT2D eigenvalue weighted by atomic mass is 9.91. The zero-order valence-electron chi connectivity index (χ0n) is 29.1. The predicted octanol–water partition coefficient (Wildman–Crippen LogP) is 7.44. The zero-order valence-corrected chi connectivity index (χ0v) is 30.6. The lowest BCUT2D eigenvalue weighted by Crippen LogP contribution is -2.62. The maximum absolute atomic E-state index is 12.7. The molecule has 5 aromatic rings. The highest BCUT2D eigenvalue weighted by molar-refractivity contribution is 7.22. The highest BCUT2D eigenvalue weighted by Crippen LogP contribution is 2.44. The van der Waals surface area contributed by atoms with Gasteiger partial charge in [-0.2, -0.15) is 5.10 Å². The number of aliphatic carboxylic acids is 1. The number of carboxylic acids is 1. The summed E-state index contributed by atoms with van der Waals surface area (Å²) in [6.07, 6.45) is 0.469. The summed E-state index contributed by atoms with van der Waals surface area (Å²) in [6.45, 7) is 10.8. The number of hydrogen-bond acceptors (Lipinski definition) is 9. The molecule has 0 aliphatic carbocycles. The highest BCUT2D eigenvalue weighted by Gasteiger charge is 2.38. The Labute approximate surface area is 299 Å². The Hall–Kier alpha value is -4.10. The van der Waals surface area contributed by atoms with Crippen molar-refractivity contribution in [2.24, 2.45) is 7.05 Å². The third-order valence-electron chi connectivity index (χ3n) is 9.69. The fraction of sp³-hybridized carbons (Fsp3) is 0.432. The number of rotatable bonds is 7. The second kappa shape index (κ2) is 13.2. The van der Waals surface area contributed by atoms with Gasteiger partial charge < -0.3 is 19.5 Å². The second-order valence-corrected chi connectivity index (χ2v) is 15.7. The number of benzene rings is 2. The maximum atomic E-state index is 12.7. The van der Waals surface area contributed by atoms with Crippen LogP contribution in [-0.2, 0) is 21.3 Å². The van der Waals surface area contributed by atoms with E-state index in [0.717, 1.165) is 80.3 Å². The van der Waals surface area contributed by atoms with E-state index in [4.69, 9.17) is 36.1 Å². The van der Waals surface area contributed by atoms with Gasteiger partial charge in [-0.05, 0) is 95.1 Å². The van der Waals surface area contributed by atoms with Gasteiger partial charge in [0.2, 0.25) is 0 Å². The summed E-state index contributed by atoms with van der Waals surface area (Å²) in [4.78, 5) is 39.0. The van der Waals surface area contributed by atoms with Gasteiger partial charge in [-0.15, -0.1) is 11.3 Å². The van der Waals surface area contributed by atoms with E-state index in [1.807, 2.05) is 75.8 Å². The predicted molar refractivity (Wildman–Crippen MR) is 195 cm³/mol. The number of fused-ring (bicyclic) bond motifs is 2. The number of carbonyl (C=O) groups excluding carboxylic acids is 1. The molecule has 11 nitrogen and oxygen atoms in total. The molecular weight excluding hydrogens is 676 g/mol. The number of likely N-dealkylation sites (tertiary alicyclic amines) is 2. The molecule has 7 rings (SSSR count). The highest BCUT2D eigenvalue weighted by atomic mass is 35.5. The minimum Gasteiger partial charge on any atom is -0.479 e. The SMILES string of the molecule is COC(=O)N1CC(N2CCC(c3nn(C)c4ccc(-c5nc6cc(C)c(C(OC(C)(C)C)C(=O)O)c(-c7ccc(Cl)cc7)c6s5)nc34)CC2)C1. The van der Waals surface area contributed by atoms with Crippen LogP contribution in [0.15, 0.2) is 42.5 Å². The van der Waals surface area contributed by atoms with Gasteiger partial charge in [0.15, 0.2) is 6.10 Å². The number of carboxylic acid groups (broad SMARTS) is 1. The first-order valence-corrected chi connectivity index (χ1v) is 18.0. The van der Waals surface area contributed by atoms with Crippen LogP contribution >= 0.6 is 22.9 Å². The average Bonchev–Trinajstić information content (AvgIpc) is 3.63. The molecule has 0 saturated carbocycles. The summed E-state index contributed by atoms with van der Waals surface area (Å²) in [5.41, 5.74) is 6.63. The summed E-state index contributed by atoms with van der Waals surface area (Å²) in [5, 5.41) is 16.7. The third kappa shape index (κ3) is 6.45. The van der Waals surface area contributed by atoms with Crippen LogP contribution in [0.4, 0.5) is 4.79 Å². The molecule has 0 radical (unpaired) electrons. The second-order valence-electron chi connectivity index (χ2n) is 14.2. The molecule has 50 heavy (non-hydrogen) atoms. The molecule has 2 aliphatic rings. The topological polar surface area (TPSA) is 123 Å². The van der Waals surface area contributed by atoms with Gasteiger partial charge in [-0.3, -0.25) is 9.58 Å². The normalized spacial score (nSPS) is 17.0. The van der Waals surface area contributed by atoms with Crippen molar-refractivity contribution in [1.82, 2.24) is 29.5 Å². The molecule has 1 amide bonds. The number of ether oxygens (including phenoxy) is 2. The lowest BCUT2D eigenvalue weighted by Gasteiger charge is -2.46. The number of piperidine rings is 1. The fourth-order valence-electron chi connectivity index (χ4n) is 7.21. The van der Waals surface area contributed by atoms with Crippen molar-refractivity contribution in [1.29, 1.82) is 0 Å². The Morgan fingerprint density at radius 3 is 2.40 bits per heavy atom. The number of hydrogen-bond donors (Lipinski definition) is 1. The molecule has 5 heterocycles. The Kier molecular flexibility index (Phi) is 9.08. The van der Waals surface area contributed by atoms with E-state index in [9.17, 15) is 14.7 Å². The van der Waals surface area contributed by atoms with Crippen molar-refractivity contribution in [2.45, 2.75) is 64.2 Å². The smallest absolute Gasteiger partial charge is 0.409 e. The minimum absolute atomic E-state index is 0.262. The van der Waals surface area contributed by atoms with E-state index in [1.165, 1.54) is 18.4 Å². The van der Waals surface area contributed by atoms with Crippen LogP contribution in [-0.4, -0.2) is 91.6 Å². The molecule has 2 aliphatic heterocycles. The molecule has 262 valence electrons. The van der Waals surface area contributed by atoms with Crippen molar-refractivity contribution in [3.05, 3.63) is 64.3 Å². The van der Waals surface area contributed by atoms with Gasteiger partial charge in [-0.1, -0.05) is 23.7 Å². The molecular formula is C37H41ClN6O5S. The van der Waals surface area contributed by atoms with E-state index in [2.05, 4.69) is 11.0 Å². The number of carbonyl (C=O) groups is 2. The van der Waals surface area contributed by atoms with Crippen molar-refractivity contribution in [3.63, 3.8) is 0 Å². The summed E-state index contributed by atoms with van der Waals surface area (Å²) in [6, 6.07) is 13.8. The van der Waals surface area contributed by atoms with E-state index < -0.39 is 17.7 Å². The van der Waals surface area contributed by atoms with Crippen LogP contribution in [0, 0.1) is 6.92 Å². The standard InChI is InChI=1S/C37H41ClN6O5S/c1-20-17-26-33(29(21-7-9-23(38)10-8-21)28(20)32(35(45)46)49-37(2,3)4)50-34(40-26)25-11-12-27-31(39-25)30(41-42(27)5)22-13-15-43(16-14-22)24-18-44(19-24)36(47)48-6/h7-12,17,22,24,32H,13-16,18-19H2,1-6H3,(H,45,46). The molecule has 1 atom stereocenters. The Morgan fingerprint density at radius 1 is 1.06 bits per heavy atom. The number of aromatic nitrogens is 4. The van der Waals surface area contributed by atoms with E-state index >= 15 is 0 Å². The molecule has 13 heteroatoms. The van der Waals surface area contributed by atoms with Crippen LogP contribution in [0.3, 0.4) is 0 Å². The molecule has 2 fully saturated rings. The summed E-state index contributed by atoms with van der Waals surface area (Å²) >= 11 is 7.77. The van der Waals surface area contributed by atoms with Crippen LogP contribution in [0.1, 0.15) is 62.5 Å². The molecule has 2 saturated heterocycles. The van der Waals surface area contributed by atoms with Crippen molar-refractivity contribution < 1.29 is 24.2 Å². The summed E-state index contributed by atoms with van der Waals surface area (Å²) in [5.74, 6) is -0.789. The molecule has 0 spiro atoms. The Morgan fingerprint density at radius 2 is 1.76 bits per heavy atom. The van der Waals surface area contributed by atoms with Gasteiger partial charge in [0, 0.05) is 48.2 Å². The Bertz CT molecular complexity index is 2090. The fourth-order valence-corrected chi connectivity index (χ4v) is 8.43. The van der Waals surface area contributed by atoms with Crippen molar-refractivity contribution >= 4 is 56.3 Å². The first-order valence-electron chi connectivity index (χ1n) is 16.8. The minimum atomic E-state index is -1.19. The van der Waals surface area contributed by atoms with Crippen LogP contribution < -0.4 is 0 Å². The van der Waals surface area contributed by atoms with Gasteiger partial charge in [0.25, 0.3) is 0 Å². The van der Waals surface area contributed by atoms with Crippen LogP contribution in [0.2, 0.25) is 5.02 Å². The average molecular weight is 717 g/mol. The lowest BCUT2D eigenvalue weighted by molar-refractivity contribution is -0.160. The number of halogens is 1. The Balaban J connectivity index is 1.25. The first kappa shape index (κ1) is 34.4. The van der Waals surface area contributed by atoms with E-state index in [-0.39, 0.29) is 12.0 Å². The van der Waals surface area contributed by atoms with E-state index in [0.29, 0.717) is 29.7 Å². The first-order chi connectivity index (χ1) is 23.8. The third-order valence-corrected chi connectivity index (χ3v) is 11.1. The maximum Gasteiger partial charge on any atom is 0.409 e. The monoisotopic (exact) mass is 716 g/mol. The van der Waals surface area contributed by atoms with Crippen molar-refractivity contribution in [3.8, 4) is 21.8 Å². The van der Waals surface area contributed by atoms with Gasteiger partial charge in [0.1, 0.15) is 10.5 Å². The van der Waals surface area contributed by atoms with Gasteiger partial charge in [-0.25, -0.2) is 19.6 Å². The molecule has 3 aromatic heterocycles. The number of thiazole rings is 1. The van der Waals surface area contributed by atoms with Crippen molar-refractivity contribution in [2.75, 3.05) is 33.3 Å². The quantitative estimate of drug-likeness (QED) is 0.183. The number of aryl methyl sites for hydroxylation is 2. The molecule has 0 bridgehead atoms.